The second kappa shape index (κ2) is 8.86. The molecule has 0 saturated heterocycles. The largest absolute Gasteiger partial charge is 0.326 e. The van der Waals surface area contributed by atoms with Crippen molar-refractivity contribution in [3.05, 3.63) is 71.1 Å². The minimum absolute atomic E-state index is 0.0464. The zero-order chi connectivity index (χ0) is 22.7. The Morgan fingerprint density at radius 1 is 1.10 bits per heavy atom. The third-order valence-corrected chi connectivity index (χ3v) is 4.63. The summed E-state index contributed by atoms with van der Waals surface area (Å²) in [4.78, 5) is 32.9. The Bertz CT molecular complexity index is 1160. The smallest absolute Gasteiger partial charge is 0.251 e. The number of hydrogen-bond acceptors (Lipinski definition) is 5. The molecule has 3 aromatic rings. The highest BCUT2D eigenvalue weighted by atomic mass is 19.1. The lowest BCUT2D eigenvalue weighted by molar-refractivity contribution is -0.115. The molecular formula is C22H23FN6O2. The molecule has 31 heavy (non-hydrogen) atoms. The predicted molar refractivity (Wildman–Crippen MR) is 116 cm³/mol. The normalized spacial score (nSPS) is 10.6. The number of nitrogens with zero attached hydrogens (tertiary/aromatic N) is 4. The van der Waals surface area contributed by atoms with Gasteiger partial charge in [-0.15, -0.1) is 0 Å². The van der Waals surface area contributed by atoms with Gasteiger partial charge in [-0.1, -0.05) is 6.58 Å². The van der Waals surface area contributed by atoms with E-state index < -0.39 is 11.7 Å². The Morgan fingerprint density at radius 2 is 1.77 bits per heavy atom. The second-order valence-electron chi connectivity index (χ2n) is 7.12. The third-order valence-electron chi connectivity index (χ3n) is 4.63. The van der Waals surface area contributed by atoms with Crippen LogP contribution in [0.15, 0.2) is 36.9 Å². The molecule has 9 heteroatoms. The number of rotatable bonds is 6. The van der Waals surface area contributed by atoms with Crippen LogP contribution in [0.2, 0.25) is 0 Å². The molecule has 0 spiro atoms. The summed E-state index contributed by atoms with van der Waals surface area (Å²) in [5, 5.41) is 9.58. The van der Waals surface area contributed by atoms with Gasteiger partial charge < -0.3 is 10.6 Å². The minimum atomic E-state index is -0.616. The van der Waals surface area contributed by atoms with Crippen LogP contribution in [-0.2, 0) is 16.0 Å². The molecular weight excluding hydrogens is 399 g/mol. The average Bonchev–Trinajstić information content (AvgIpc) is 2.98. The molecule has 8 nitrogen and oxygen atoms in total. The summed E-state index contributed by atoms with van der Waals surface area (Å²) < 4.78 is 15.5. The van der Waals surface area contributed by atoms with Gasteiger partial charge in [0.25, 0.3) is 5.95 Å². The number of aryl methyl sites for hydroxylation is 3. The topological polar surface area (TPSA) is 102 Å². The first-order valence-electron chi connectivity index (χ1n) is 9.58. The molecule has 0 saturated carbocycles. The molecule has 2 aromatic heterocycles. The number of aromatic nitrogens is 4. The fourth-order valence-corrected chi connectivity index (χ4v) is 3.18. The molecule has 3 rings (SSSR count). The highest BCUT2D eigenvalue weighted by Gasteiger charge is 2.18. The van der Waals surface area contributed by atoms with Crippen LogP contribution >= 0.6 is 0 Å². The summed E-state index contributed by atoms with van der Waals surface area (Å²) in [6.45, 7) is 10.8. The summed E-state index contributed by atoms with van der Waals surface area (Å²) in [5.41, 5.74) is 4.16. The lowest BCUT2D eigenvalue weighted by Crippen LogP contribution is -2.16. The van der Waals surface area contributed by atoms with Crippen molar-refractivity contribution in [3.63, 3.8) is 0 Å². The van der Waals surface area contributed by atoms with Crippen LogP contribution in [0.5, 0.6) is 0 Å². The van der Waals surface area contributed by atoms with Gasteiger partial charge >= 0.3 is 0 Å². The first-order chi connectivity index (χ1) is 14.7. The molecule has 0 aliphatic heterocycles. The molecule has 160 valence electrons. The Balaban J connectivity index is 1.80. The van der Waals surface area contributed by atoms with E-state index in [0.29, 0.717) is 17.3 Å². The summed E-state index contributed by atoms with van der Waals surface area (Å²) >= 11 is 0. The van der Waals surface area contributed by atoms with Gasteiger partial charge in [0, 0.05) is 28.3 Å². The van der Waals surface area contributed by atoms with Gasteiger partial charge in [0.05, 0.1) is 17.8 Å². The fourth-order valence-electron chi connectivity index (χ4n) is 3.18. The number of benzene rings is 1. The van der Waals surface area contributed by atoms with Crippen molar-refractivity contribution < 1.29 is 14.0 Å². The van der Waals surface area contributed by atoms with Crippen molar-refractivity contribution >= 4 is 23.2 Å². The molecule has 0 atom stereocenters. The van der Waals surface area contributed by atoms with E-state index >= 15 is 0 Å². The Labute approximate surface area is 179 Å². The van der Waals surface area contributed by atoms with Gasteiger partial charge in [-0.2, -0.15) is 5.10 Å². The number of halogens is 1. The van der Waals surface area contributed by atoms with Gasteiger partial charge in [-0.3, -0.25) is 9.59 Å². The molecule has 2 N–H and O–H groups in total. The van der Waals surface area contributed by atoms with Crippen LogP contribution in [0.1, 0.15) is 28.3 Å². The monoisotopic (exact) mass is 422 g/mol. The number of anilines is 2. The zero-order valence-corrected chi connectivity index (χ0v) is 17.8. The van der Waals surface area contributed by atoms with Crippen molar-refractivity contribution in [1.29, 1.82) is 0 Å². The molecule has 0 aliphatic rings. The molecule has 0 radical (unpaired) electrons. The van der Waals surface area contributed by atoms with Crippen LogP contribution in [0, 0.1) is 33.5 Å². The van der Waals surface area contributed by atoms with E-state index in [1.54, 1.807) is 4.68 Å². The maximum Gasteiger partial charge on any atom is 0.251 e. The van der Waals surface area contributed by atoms with Crippen molar-refractivity contribution in [2.45, 2.75) is 34.1 Å². The van der Waals surface area contributed by atoms with E-state index in [2.05, 4.69) is 32.3 Å². The van der Waals surface area contributed by atoms with E-state index in [1.807, 2.05) is 33.8 Å². The molecule has 0 fully saturated rings. The first kappa shape index (κ1) is 21.8. The van der Waals surface area contributed by atoms with E-state index in [1.165, 1.54) is 18.2 Å². The van der Waals surface area contributed by atoms with Crippen LogP contribution < -0.4 is 10.6 Å². The fraction of sp³-hybridized carbons (Fsp3) is 0.227. The predicted octanol–water partition coefficient (Wildman–Crippen LogP) is 3.34. The van der Waals surface area contributed by atoms with Crippen LogP contribution in [0.3, 0.4) is 0 Å². The summed E-state index contributed by atoms with van der Waals surface area (Å²) in [5.74, 6) is -1.02. The number of amides is 2. The number of carbonyl (C=O) groups is 2. The average molecular weight is 422 g/mol. The molecule has 2 heterocycles. The van der Waals surface area contributed by atoms with Crippen LogP contribution in [0.4, 0.5) is 15.8 Å². The summed E-state index contributed by atoms with van der Waals surface area (Å²) in [7, 11) is 0. The van der Waals surface area contributed by atoms with E-state index in [0.717, 1.165) is 28.7 Å². The molecule has 2 amide bonds. The van der Waals surface area contributed by atoms with Gasteiger partial charge in [0.15, 0.2) is 0 Å². The standard InChI is InChI=1S/C22H23FN6O2/c1-6-20(30)27-19-10-16(7-8-18(19)23)26-21(31)11-17-14(4)28-29(15(17)5)22-24-12(2)9-13(3)25-22/h6-10H,1,11H2,2-5H3,(H,26,31)(H,27,30). The summed E-state index contributed by atoms with van der Waals surface area (Å²) in [6.07, 6.45) is 1.10. The maximum absolute atomic E-state index is 13.9. The van der Waals surface area contributed by atoms with E-state index in [9.17, 15) is 14.0 Å². The van der Waals surface area contributed by atoms with Crippen LogP contribution in [-0.4, -0.2) is 31.6 Å². The molecule has 0 unspecified atom stereocenters. The third kappa shape index (κ3) is 5.00. The first-order valence-corrected chi connectivity index (χ1v) is 9.58. The zero-order valence-electron chi connectivity index (χ0n) is 17.8. The van der Waals surface area contributed by atoms with Crippen LogP contribution in [0.25, 0.3) is 5.95 Å². The Kier molecular flexibility index (Phi) is 6.24. The minimum Gasteiger partial charge on any atom is -0.326 e. The van der Waals surface area contributed by atoms with Gasteiger partial charge in [-0.05, 0) is 58.0 Å². The van der Waals surface area contributed by atoms with Crippen molar-refractivity contribution in [2.24, 2.45) is 0 Å². The summed E-state index contributed by atoms with van der Waals surface area (Å²) in [6, 6.07) is 5.81. The Morgan fingerprint density at radius 3 is 2.42 bits per heavy atom. The highest BCUT2D eigenvalue weighted by Crippen LogP contribution is 2.21. The SMILES string of the molecule is C=CC(=O)Nc1cc(NC(=O)Cc2c(C)nn(-c3nc(C)cc(C)n3)c2C)ccc1F. The van der Waals surface area contributed by atoms with E-state index in [-0.39, 0.29) is 18.0 Å². The van der Waals surface area contributed by atoms with E-state index in [4.69, 9.17) is 0 Å². The van der Waals surface area contributed by atoms with Gasteiger partial charge in [-0.25, -0.2) is 19.0 Å². The quantitative estimate of drug-likeness (QED) is 0.593. The van der Waals surface area contributed by atoms with Crippen molar-refractivity contribution in [2.75, 3.05) is 10.6 Å². The van der Waals surface area contributed by atoms with Gasteiger partial charge in [0.2, 0.25) is 11.8 Å². The molecule has 1 aromatic carbocycles. The van der Waals surface area contributed by atoms with Gasteiger partial charge in [0.1, 0.15) is 5.82 Å². The molecule has 0 bridgehead atoms. The molecule has 0 aliphatic carbocycles. The highest BCUT2D eigenvalue weighted by molar-refractivity contribution is 6.00. The van der Waals surface area contributed by atoms with Crippen molar-refractivity contribution in [3.8, 4) is 5.95 Å². The Hall–Kier alpha value is -3.88. The lowest BCUT2D eigenvalue weighted by atomic mass is 10.1. The lowest BCUT2D eigenvalue weighted by Gasteiger charge is -2.09. The second-order valence-corrected chi connectivity index (χ2v) is 7.12. The number of carbonyl (C=O) groups excluding carboxylic acids is 2. The maximum atomic E-state index is 13.9. The number of hydrogen-bond donors (Lipinski definition) is 2. The number of nitrogens with one attached hydrogen (secondary N) is 2. The van der Waals surface area contributed by atoms with Crippen molar-refractivity contribution in [1.82, 2.24) is 19.7 Å².